The number of aliphatic carboxylic acids is 1. The average Bonchev–Trinajstić information content (AvgIpc) is 2.26. The van der Waals surface area contributed by atoms with Gasteiger partial charge in [-0.25, -0.2) is 8.78 Å². The molecule has 2 unspecified atom stereocenters. The smallest absolute Gasteiger partial charge is 0.306 e. The van der Waals surface area contributed by atoms with Crippen LogP contribution in [-0.4, -0.2) is 23.5 Å². The summed E-state index contributed by atoms with van der Waals surface area (Å²) in [7, 11) is 0. The second kappa shape index (κ2) is 7.02. The van der Waals surface area contributed by atoms with Crippen LogP contribution < -0.4 is 5.73 Å². The Morgan fingerprint density at radius 1 is 1.44 bits per heavy atom. The van der Waals surface area contributed by atoms with Gasteiger partial charge in [-0.05, 0) is 44.6 Å². The highest BCUT2D eigenvalue weighted by molar-refractivity contribution is 5.69. The molecule has 0 bridgehead atoms. The molecule has 18 heavy (non-hydrogen) atoms. The minimum atomic E-state index is -2.59. The number of alkyl halides is 2. The molecule has 1 saturated carbocycles. The molecule has 2 atom stereocenters. The van der Waals surface area contributed by atoms with Gasteiger partial charge in [-0.1, -0.05) is 6.42 Å². The lowest BCUT2D eigenvalue weighted by atomic mass is 9.80. The van der Waals surface area contributed by atoms with Gasteiger partial charge in [0, 0.05) is 12.8 Å². The van der Waals surface area contributed by atoms with Gasteiger partial charge in [-0.2, -0.15) is 0 Å². The van der Waals surface area contributed by atoms with Gasteiger partial charge in [0.05, 0.1) is 5.92 Å². The van der Waals surface area contributed by atoms with Gasteiger partial charge in [0.15, 0.2) is 0 Å². The van der Waals surface area contributed by atoms with Crippen LogP contribution in [0.4, 0.5) is 8.78 Å². The van der Waals surface area contributed by atoms with Gasteiger partial charge >= 0.3 is 5.97 Å². The Hall–Kier alpha value is -0.710. The molecular weight excluding hydrogens is 240 g/mol. The monoisotopic (exact) mass is 263 g/mol. The lowest BCUT2D eigenvalue weighted by Crippen LogP contribution is -2.29. The van der Waals surface area contributed by atoms with E-state index in [0.29, 0.717) is 25.8 Å². The third kappa shape index (κ3) is 5.29. The van der Waals surface area contributed by atoms with Gasteiger partial charge in [0.1, 0.15) is 0 Å². The molecule has 1 aliphatic rings. The summed E-state index contributed by atoms with van der Waals surface area (Å²) in [5, 5.41) is 9.11. The highest BCUT2D eigenvalue weighted by Gasteiger charge is 2.37. The fourth-order valence-corrected chi connectivity index (χ4v) is 2.76. The zero-order valence-electron chi connectivity index (χ0n) is 10.7. The Balaban J connectivity index is 2.42. The Morgan fingerprint density at radius 2 is 2.17 bits per heavy atom. The summed E-state index contributed by atoms with van der Waals surface area (Å²) in [5.41, 5.74) is 5.36. The largest absolute Gasteiger partial charge is 0.481 e. The van der Waals surface area contributed by atoms with E-state index in [2.05, 4.69) is 0 Å². The van der Waals surface area contributed by atoms with Gasteiger partial charge in [-0.15, -0.1) is 0 Å². The number of unbranched alkanes of at least 4 members (excludes halogenated alkanes) is 1. The first-order valence-corrected chi connectivity index (χ1v) is 6.75. The van der Waals surface area contributed by atoms with Crippen molar-refractivity contribution in [3.05, 3.63) is 0 Å². The van der Waals surface area contributed by atoms with E-state index >= 15 is 0 Å². The predicted octanol–water partition coefficient (Wildman–Crippen LogP) is 3.03. The van der Waals surface area contributed by atoms with Crippen molar-refractivity contribution in [2.45, 2.75) is 57.3 Å². The Bertz CT molecular complexity index is 272. The fraction of sp³-hybridized carbons (Fsp3) is 0.923. The highest BCUT2D eigenvalue weighted by Crippen LogP contribution is 2.39. The van der Waals surface area contributed by atoms with Crippen molar-refractivity contribution in [1.82, 2.24) is 0 Å². The molecule has 0 amide bonds. The maximum atomic E-state index is 13.2. The van der Waals surface area contributed by atoms with E-state index < -0.39 is 17.8 Å². The number of hydrogen-bond donors (Lipinski definition) is 2. The number of carboxylic acids is 1. The van der Waals surface area contributed by atoms with Crippen molar-refractivity contribution in [2.75, 3.05) is 6.54 Å². The van der Waals surface area contributed by atoms with Crippen molar-refractivity contribution < 1.29 is 18.7 Å². The molecule has 3 N–H and O–H groups in total. The van der Waals surface area contributed by atoms with E-state index in [1.54, 1.807) is 0 Å². The van der Waals surface area contributed by atoms with E-state index in [4.69, 9.17) is 10.8 Å². The number of carbonyl (C=O) groups is 1. The van der Waals surface area contributed by atoms with Crippen molar-refractivity contribution in [3.8, 4) is 0 Å². The summed E-state index contributed by atoms with van der Waals surface area (Å²) in [6.45, 7) is 0.549. The van der Waals surface area contributed by atoms with Crippen molar-refractivity contribution in [2.24, 2.45) is 17.6 Å². The summed E-state index contributed by atoms with van der Waals surface area (Å²) in [6, 6.07) is 0. The Kier molecular flexibility index (Phi) is 5.99. The van der Waals surface area contributed by atoms with Crippen LogP contribution in [0.25, 0.3) is 0 Å². The average molecular weight is 263 g/mol. The molecule has 0 aromatic heterocycles. The summed E-state index contributed by atoms with van der Waals surface area (Å²) in [6.07, 6.45) is 3.54. The van der Waals surface area contributed by atoms with Gasteiger partial charge in [-0.3, -0.25) is 4.79 Å². The van der Waals surface area contributed by atoms with Crippen LogP contribution in [0.5, 0.6) is 0 Å². The van der Waals surface area contributed by atoms with Gasteiger partial charge in [0.2, 0.25) is 5.92 Å². The third-order valence-electron chi connectivity index (χ3n) is 3.72. The predicted molar refractivity (Wildman–Crippen MR) is 65.6 cm³/mol. The quantitative estimate of drug-likeness (QED) is 0.694. The first-order valence-electron chi connectivity index (χ1n) is 6.75. The topological polar surface area (TPSA) is 63.3 Å². The van der Waals surface area contributed by atoms with Crippen LogP contribution >= 0.6 is 0 Å². The van der Waals surface area contributed by atoms with E-state index in [-0.39, 0.29) is 18.8 Å². The van der Waals surface area contributed by atoms with Crippen LogP contribution in [-0.2, 0) is 4.79 Å². The van der Waals surface area contributed by atoms with Gasteiger partial charge in [0.25, 0.3) is 0 Å². The molecule has 0 radical (unpaired) electrons. The molecule has 0 heterocycles. The van der Waals surface area contributed by atoms with Crippen LogP contribution in [0, 0.1) is 11.8 Å². The van der Waals surface area contributed by atoms with E-state index in [1.807, 2.05) is 0 Å². The maximum absolute atomic E-state index is 13.2. The summed E-state index contributed by atoms with van der Waals surface area (Å²) < 4.78 is 26.5. The second-order valence-electron chi connectivity index (χ2n) is 5.37. The van der Waals surface area contributed by atoms with Crippen molar-refractivity contribution in [1.29, 1.82) is 0 Å². The lowest BCUT2D eigenvalue weighted by Gasteiger charge is -2.30. The normalized spacial score (nSPS) is 24.7. The Morgan fingerprint density at radius 3 is 2.72 bits per heavy atom. The van der Waals surface area contributed by atoms with E-state index in [0.717, 1.165) is 19.3 Å². The molecule has 0 aromatic rings. The zero-order chi connectivity index (χ0) is 13.6. The minimum Gasteiger partial charge on any atom is -0.481 e. The molecule has 1 aliphatic carbocycles. The number of carboxylic acid groups (broad SMARTS) is 1. The number of hydrogen-bond acceptors (Lipinski definition) is 2. The zero-order valence-corrected chi connectivity index (χ0v) is 10.7. The standard InChI is InChI=1S/C13H23F2NO2/c14-13(15)6-3-4-10(9-13)8-11(12(17)18)5-1-2-7-16/h10-11H,1-9,16H2,(H,17,18). The van der Waals surface area contributed by atoms with E-state index in [9.17, 15) is 13.6 Å². The molecule has 1 rings (SSSR count). The number of halogens is 2. The van der Waals surface area contributed by atoms with Crippen molar-refractivity contribution >= 4 is 5.97 Å². The maximum Gasteiger partial charge on any atom is 0.306 e. The summed E-state index contributed by atoms with van der Waals surface area (Å²) >= 11 is 0. The Labute approximate surface area is 107 Å². The first-order chi connectivity index (χ1) is 8.44. The fourth-order valence-electron chi connectivity index (χ4n) is 2.76. The molecule has 0 saturated heterocycles. The summed E-state index contributed by atoms with van der Waals surface area (Å²) in [5.74, 6) is -4.09. The van der Waals surface area contributed by atoms with Gasteiger partial charge < -0.3 is 10.8 Å². The third-order valence-corrected chi connectivity index (χ3v) is 3.72. The number of rotatable bonds is 7. The van der Waals surface area contributed by atoms with Crippen LogP contribution in [0.1, 0.15) is 51.4 Å². The molecule has 0 spiro atoms. The second-order valence-corrected chi connectivity index (χ2v) is 5.37. The van der Waals surface area contributed by atoms with E-state index in [1.165, 1.54) is 0 Å². The van der Waals surface area contributed by atoms with Crippen LogP contribution in [0.15, 0.2) is 0 Å². The first kappa shape index (κ1) is 15.3. The molecule has 106 valence electrons. The molecule has 5 heteroatoms. The van der Waals surface area contributed by atoms with Crippen molar-refractivity contribution in [3.63, 3.8) is 0 Å². The molecule has 0 aliphatic heterocycles. The minimum absolute atomic E-state index is 0.0472. The van der Waals surface area contributed by atoms with Crippen LogP contribution in [0.3, 0.4) is 0 Å². The number of nitrogens with two attached hydrogens (primary N) is 1. The lowest BCUT2D eigenvalue weighted by molar-refractivity contribution is -0.143. The summed E-state index contributed by atoms with van der Waals surface area (Å²) in [4.78, 5) is 11.1. The highest BCUT2D eigenvalue weighted by atomic mass is 19.3. The molecule has 0 aromatic carbocycles. The molecule has 3 nitrogen and oxygen atoms in total. The van der Waals surface area contributed by atoms with Crippen LogP contribution in [0.2, 0.25) is 0 Å². The molecule has 1 fully saturated rings. The molecular formula is C13H23F2NO2. The SMILES string of the molecule is NCCCCC(CC1CCCC(F)(F)C1)C(=O)O.